The maximum absolute atomic E-state index is 5.68. The number of nitrogens with two attached hydrogens (primary N) is 1. The molecule has 1 aromatic heterocycles. The second-order valence-corrected chi connectivity index (χ2v) is 5.26. The first-order chi connectivity index (χ1) is 7.78. The average molecular weight is 321 g/mol. The van der Waals surface area contributed by atoms with Crippen molar-refractivity contribution in [1.82, 2.24) is 9.88 Å². The van der Waals surface area contributed by atoms with E-state index in [1.165, 1.54) is 18.4 Å². The molecule has 5 heteroatoms. The van der Waals surface area contributed by atoms with Crippen molar-refractivity contribution in [2.24, 2.45) is 11.7 Å². The van der Waals surface area contributed by atoms with Gasteiger partial charge in [-0.15, -0.1) is 12.4 Å². The Hall–Kier alpha value is -0.160. The van der Waals surface area contributed by atoms with Gasteiger partial charge in [-0.2, -0.15) is 0 Å². The Labute approximate surface area is 117 Å². The highest BCUT2D eigenvalue weighted by atomic mass is 79.9. The molecule has 2 heterocycles. The quantitative estimate of drug-likeness (QED) is 0.870. The molecular formula is C12H19BrClN3. The minimum atomic E-state index is 0. The van der Waals surface area contributed by atoms with Gasteiger partial charge in [0.05, 0.1) is 0 Å². The average Bonchev–Trinajstić information content (AvgIpc) is 2.33. The van der Waals surface area contributed by atoms with Gasteiger partial charge in [-0.1, -0.05) is 6.07 Å². The van der Waals surface area contributed by atoms with E-state index < -0.39 is 0 Å². The first kappa shape index (κ1) is 14.9. The first-order valence-electron chi connectivity index (χ1n) is 5.81. The summed E-state index contributed by atoms with van der Waals surface area (Å²) in [5.74, 6) is 0.735. The monoisotopic (exact) mass is 319 g/mol. The number of hydrogen-bond acceptors (Lipinski definition) is 3. The molecule has 2 rings (SSSR count). The number of piperidine rings is 1. The summed E-state index contributed by atoms with van der Waals surface area (Å²) in [7, 11) is 0. The van der Waals surface area contributed by atoms with Gasteiger partial charge in [0.1, 0.15) is 4.60 Å². The smallest absolute Gasteiger partial charge is 0.106 e. The second-order valence-electron chi connectivity index (χ2n) is 4.44. The maximum Gasteiger partial charge on any atom is 0.106 e. The highest BCUT2D eigenvalue weighted by Crippen LogP contribution is 2.18. The Morgan fingerprint density at radius 1 is 1.35 bits per heavy atom. The minimum Gasteiger partial charge on any atom is -0.330 e. The van der Waals surface area contributed by atoms with Crippen LogP contribution in [0.3, 0.4) is 0 Å². The molecule has 1 aromatic rings. The molecule has 0 spiro atoms. The molecule has 1 saturated heterocycles. The third-order valence-corrected chi connectivity index (χ3v) is 3.70. The zero-order chi connectivity index (χ0) is 11.4. The minimum absolute atomic E-state index is 0. The number of likely N-dealkylation sites (tertiary alicyclic amines) is 1. The molecule has 1 fully saturated rings. The van der Waals surface area contributed by atoms with E-state index in [9.17, 15) is 0 Å². The number of nitrogens with zero attached hydrogens (tertiary/aromatic N) is 2. The summed E-state index contributed by atoms with van der Waals surface area (Å²) >= 11 is 3.35. The molecule has 0 unspecified atom stereocenters. The van der Waals surface area contributed by atoms with E-state index in [1.807, 2.05) is 12.3 Å². The molecular weight excluding hydrogens is 302 g/mol. The van der Waals surface area contributed by atoms with Gasteiger partial charge < -0.3 is 5.73 Å². The lowest BCUT2D eigenvalue weighted by atomic mass is 9.97. The summed E-state index contributed by atoms with van der Waals surface area (Å²) in [6.45, 7) is 4.18. The topological polar surface area (TPSA) is 42.1 Å². The predicted molar refractivity (Wildman–Crippen MR) is 76.2 cm³/mol. The van der Waals surface area contributed by atoms with Crippen molar-refractivity contribution >= 4 is 28.3 Å². The van der Waals surface area contributed by atoms with E-state index in [0.717, 1.165) is 36.7 Å². The van der Waals surface area contributed by atoms with Crippen LogP contribution in [0.2, 0.25) is 0 Å². The van der Waals surface area contributed by atoms with Gasteiger partial charge in [0.25, 0.3) is 0 Å². The fraction of sp³-hybridized carbons (Fsp3) is 0.583. The highest BCUT2D eigenvalue weighted by molar-refractivity contribution is 9.10. The van der Waals surface area contributed by atoms with Crippen LogP contribution in [0.4, 0.5) is 0 Å². The van der Waals surface area contributed by atoms with Crippen LogP contribution in [0.5, 0.6) is 0 Å². The van der Waals surface area contributed by atoms with E-state index in [4.69, 9.17) is 5.73 Å². The third-order valence-electron chi connectivity index (χ3n) is 3.24. The molecule has 0 atom stereocenters. The summed E-state index contributed by atoms with van der Waals surface area (Å²) in [4.78, 5) is 6.73. The number of pyridine rings is 1. The Morgan fingerprint density at radius 2 is 2.06 bits per heavy atom. The number of halogens is 2. The molecule has 0 radical (unpaired) electrons. The molecule has 0 amide bonds. The van der Waals surface area contributed by atoms with E-state index in [1.54, 1.807) is 0 Å². The summed E-state index contributed by atoms with van der Waals surface area (Å²) < 4.78 is 0.901. The van der Waals surface area contributed by atoms with Crippen LogP contribution in [0.15, 0.2) is 22.9 Å². The van der Waals surface area contributed by atoms with Crippen molar-refractivity contribution < 1.29 is 0 Å². The van der Waals surface area contributed by atoms with Crippen molar-refractivity contribution in [1.29, 1.82) is 0 Å². The van der Waals surface area contributed by atoms with Crippen molar-refractivity contribution in [3.63, 3.8) is 0 Å². The zero-order valence-corrected chi connectivity index (χ0v) is 12.2. The summed E-state index contributed by atoms with van der Waals surface area (Å²) in [5, 5.41) is 0. The van der Waals surface area contributed by atoms with E-state index in [2.05, 4.69) is 31.9 Å². The summed E-state index contributed by atoms with van der Waals surface area (Å²) in [6.07, 6.45) is 4.42. The predicted octanol–water partition coefficient (Wildman–Crippen LogP) is 2.44. The van der Waals surface area contributed by atoms with Gasteiger partial charge >= 0.3 is 0 Å². The normalized spacial score (nSPS) is 17.8. The van der Waals surface area contributed by atoms with Crippen LogP contribution >= 0.6 is 28.3 Å². The Bertz CT molecular complexity index is 323. The van der Waals surface area contributed by atoms with E-state index >= 15 is 0 Å². The molecule has 1 aliphatic heterocycles. The molecule has 17 heavy (non-hydrogen) atoms. The SMILES string of the molecule is Cl.NCC1CCN(Cc2ccc(Br)nc2)CC1. The molecule has 0 aromatic carbocycles. The molecule has 1 aliphatic rings. The van der Waals surface area contributed by atoms with E-state index in [-0.39, 0.29) is 12.4 Å². The largest absolute Gasteiger partial charge is 0.330 e. The fourth-order valence-electron chi connectivity index (χ4n) is 2.14. The van der Waals surface area contributed by atoms with Crippen LogP contribution in [0, 0.1) is 5.92 Å². The van der Waals surface area contributed by atoms with Crippen LogP contribution in [-0.2, 0) is 6.54 Å². The summed E-state index contributed by atoms with van der Waals surface area (Å²) in [6, 6.07) is 4.13. The number of aromatic nitrogens is 1. The Balaban J connectivity index is 0.00000144. The van der Waals surface area contributed by atoms with Crippen molar-refractivity contribution in [3.05, 3.63) is 28.5 Å². The van der Waals surface area contributed by atoms with Crippen LogP contribution in [0.1, 0.15) is 18.4 Å². The highest BCUT2D eigenvalue weighted by Gasteiger charge is 2.17. The Morgan fingerprint density at radius 3 is 2.59 bits per heavy atom. The zero-order valence-electron chi connectivity index (χ0n) is 9.81. The molecule has 96 valence electrons. The molecule has 0 saturated carbocycles. The molecule has 0 bridgehead atoms. The van der Waals surface area contributed by atoms with Gasteiger partial charge in [-0.25, -0.2) is 4.98 Å². The van der Waals surface area contributed by atoms with E-state index in [0.29, 0.717) is 0 Å². The lowest BCUT2D eigenvalue weighted by Gasteiger charge is -2.31. The van der Waals surface area contributed by atoms with Gasteiger partial charge in [0, 0.05) is 12.7 Å². The number of hydrogen-bond donors (Lipinski definition) is 1. The number of rotatable bonds is 3. The molecule has 0 aliphatic carbocycles. The van der Waals surface area contributed by atoms with Gasteiger partial charge in [0.15, 0.2) is 0 Å². The molecule has 3 nitrogen and oxygen atoms in total. The summed E-state index contributed by atoms with van der Waals surface area (Å²) in [5.41, 5.74) is 6.97. The standard InChI is InChI=1S/C12H18BrN3.ClH/c13-12-2-1-11(8-15-12)9-16-5-3-10(7-14)4-6-16;/h1-2,8,10H,3-7,9,14H2;1H. The van der Waals surface area contributed by atoms with Crippen molar-refractivity contribution in [3.8, 4) is 0 Å². The lowest BCUT2D eigenvalue weighted by molar-refractivity contribution is 0.180. The van der Waals surface area contributed by atoms with Gasteiger partial charge in [-0.3, -0.25) is 4.90 Å². The third kappa shape index (κ3) is 4.54. The van der Waals surface area contributed by atoms with Crippen molar-refractivity contribution in [2.75, 3.05) is 19.6 Å². The fourth-order valence-corrected chi connectivity index (χ4v) is 2.37. The first-order valence-corrected chi connectivity index (χ1v) is 6.60. The van der Waals surface area contributed by atoms with Gasteiger partial charge in [-0.05, 0) is 66.0 Å². The maximum atomic E-state index is 5.68. The van der Waals surface area contributed by atoms with Crippen LogP contribution in [0.25, 0.3) is 0 Å². The van der Waals surface area contributed by atoms with Crippen LogP contribution < -0.4 is 5.73 Å². The second kappa shape index (κ2) is 7.31. The Kier molecular flexibility index (Phi) is 6.41. The molecule has 2 N–H and O–H groups in total. The van der Waals surface area contributed by atoms with Gasteiger partial charge in [0.2, 0.25) is 0 Å². The lowest BCUT2D eigenvalue weighted by Crippen LogP contribution is -2.35. The van der Waals surface area contributed by atoms with Crippen LogP contribution in [-0.4, -0.2) is 29.5 Å². The van der Waals surface area contributed by atoms with Crippen molar-refractivity contribution in [2.45, 2.75) is 19.4 Å².